The predicted octanol–water partition coefficient (Wildman–Crippen LogP) is 0.209. The molecule has 1 atom stereocenters. The van der Waals surface area contributed by atoms with E-state index >= 15 is 0 Å². The Morgan fingerprint density at radius 1 is 1.56 bits per heavy atom. The molecule has 0 aliphatic heterocycles. The number of halogens is 1. The van der Waals surface area contributed by atoms with Crippen LogP contribution in [-0.4, -0.2) is 39.1 Å². The Hall–Kier alpha value is -1.41. The van der Waals surface area contributed by atoms with Crippen LogP contribution in [0.5, 0.6) is 0 Å². The molecule has 0 bridgehead atoms. The predicted molar refractivity (Wildman–Crippen MR) is 65.6 cm³/mol. The van der Waals surface area contributed by atoms with Crippen molar-refractivity contribution in [1.29, 1.82) is 0 Å². The van der Waals surface area contributed by atoms with Crippen molar-refractivity contribution >= 4 is 27.1 Å². The van der Waals surface area contributed by atoms with Crippen LogP contribution in [0.25, 0.3) is 5.65 Å². The van der Waals surface area contributed by atoms with E-state index in [1.54, 1.807) is 6.92 Å². The Kier molecular flexibility index (Phi) is 3.40. The van der Waals surface area contributed by atoms with E-state index in [2.05, 4.69) is 15.2 Å². The molecule has 2 rings (SSSR count). The number of nitrogens with one attached hydrogen (secondary N) is 1. The van der Waals surface area contributed by atoms with Gasteiger partial charge in [0.2, 0.25) is 0 Å². The van der Waals surface area contributed by atoms with Crippen LogP contribution >= 0.6 is 11.6 Å². The first kappa shape index (κ1) is 13.0. The fraction of sp³-hybridized carbons (Fsp3) is 0.444. The van der Waals surface area contributed by atoms with Gasteiger partial charge in [0.15, 0.2) is 20.5 Å². The van der Waals surface area contributed by atoms with Gasteiger partial charge in [-0.1, -0.05) is 0 Å². The minimum Gasteiger partial charge on any atom is -0.246 e. The molecule has 0 saturated heterocycles. The van der Waals surface area contributed by atoms with Gasteiger partial charge in [0, 0.05) is 11.9 Å². The van der Waals surface area contributed by atoms with Gasteiger partial charge in [0.05, 0.1) is 5.25 Å². The lowest BCUT2D eigenvalue weighted by Crippen LogP contribution is -2.20. The van der Waals surface area contributed by atoms with Crippen molar-refractivity contribution < 1.29 is 8.42 Å². The largest absolute Gasteiger partial charge is 0.348 e. The van der Waals surface area contributed by atoms with Gasteiger partial charge in [0.1, 0.15) is 6.33 Å². The topological polar surface area (TPSA) is 97.2 Å². The molecular weight excluding hydrogens is 280 g/mol. The van der Waals surface area contributed by atoms with E-state index in [1.165, 1.54) is 6.07 Å². The number of sulfone groups is 1. The SMILES string of the molecule is CC(CCCl)S(=O)(=O)c1cc2n[nH]c(=O)n2cn1. The van der Waals surface area contributed by atoms with Gasteiger partial charge in [-0.3, -0.25) is 0 Å². The number of aromatic nitrogens is 4. The van der Waals surface area contributed by atoms with E-state index in [9.17, 15) is 13.2 Å². The third-order valence-electron chi connectivity index (χ3n) is 2.62. The first-order chi connectivity index (χ1) is 8.46. The number of nitrogens with zero attached hydrogens (tertiary/aromatic N) is 3. The normalized spacial score (nSPS) is 13.9. The maximum atomic E-state index is 12.1. The number of H-pyrrole nitrogens is 1. The van der Waals surface area contributed by atoms with Crippen LogP contribution in [0.15, 0.2) is 22.2 Å². The van der Waals surface area contributed by atoms with E-state index < -0.39 is 20.8 Å². The number of aromatic amines is 1. The highest BCUT2D eigenvalue weighted by Crippen LogP contribution is 2.16. The highest BCUT2D eigenvalue weighted by atomic mass is 35.5. The van der Waals surface area contributed by atoms with Gasteiger partial charge < -0.3 is 0 Å². The van der Waals surface area contributed by atoms with Crippen molar-refractivity contribution in [3.05, 3.63) is 22.9 Å². The van der Waals surface area contributed by atoms with Crippen LogP contribution in [0.3, 0.4) is 0 Å². The summed E-state index contributed by atoms with van der Waals surface area (Å²) in [6.45, 7) is 1.57. The quantitative estimate of drug-likeness (QED) is 0.641. The summed E-state index contributed by atoms with van der Waals surface area (Å²) in [5.74, 6) is 0.254. The summed E-state index contributed by atoms with van der Waals surface area (Å²) in [5, 5.41) is 5.17. The second-order valence-corrected chi connectivity index (χ2v) is 6.51. The van der Waals surface area contributed by atoms with Gasteiger partial charge in [-0.2, -0.15) is 5.10 Å². The molecule has 2 heterocycles. The molecule has 0 spiro atoms. The van der Waals surface area contributed by atoms with Crippen LogP contribution in [0.1, 0.15) is 13.3 Å². The number of rotatable bonds is 4. The molecule has 0 fully saturated rings. The summed E-state index contributed by atoms with van der Waals surface area (Å²) in [5.41, 5.74) is -0.248. The van der Waals surface area contributed by atoms with Crippen LogP contribution in [0, 0.1) is 0 Å². The molecule has 0 radical (unpaired) electrons. The lowest BCUT2D eigenvalue weighted by atomic mass is 10.4. The summed E-state index contributed by atoms with van der Waals surface area (Å²) in [7, 11) is -3.55. The maximum Gasteiger partial charge on any atom is 0.348 e. The van der Waals surface area contributed by atoms with Crippen LogP contribution in [0.4, 0.5) is 0 Å². The fourth-order valence-electron chi connectivity index (χ4n) is 1.46. The molecule has 0 amide bonds. The van der Waals surface area contributed by atoms with Crippen molar-refractivity contribution in [3.8, 4) is 0 Å². The highest BCUT2D eigenvalue weighted by Gasteiger charge is 2.24. The summed E-state index contributed by atoms with van der Waals surface area (Å²) < 4.78 is 25.4. The Morgan fingerprint density at radius 3 is 2.94 bits per heavy atom. The Morgan fingerprint density at radius 2 is 2.28 bits per heavy atom. The van der Waals surface area contributed by atoms with Crippen molar-refractivity contribution in [3.63, 3.8) is 0 Å². The van der Waals surface area contributed by atoms with E-state index in [0.29, 0.717) is 6.42 Å². The van der Waals surface area contributed by atoms with Gasteiger partial charge in [-0.25, -0.2) is 27.7 Å². The summed E-state index contributed by atoms with van der Waals surface area (Å²) >= 11 is 5.54. The Balaban J connectivity index is 2.51. The number of fused-ring (bicyclic) bond motifs is 1. The van der Waals surface area contributed by atoms with E-state index in [4.69, 9.17) is 11.6 Å². The van der Waals surface area contributed by atoms with Crippen molar-refractivity contribution in [2.45, 2.75) is 23.6 Å². The molecule has 0 aromatic carbocycles. The molecule has 0 aliphatic rings. The third kappa shape index (κ3) is 2.13. The summed E-state index contributed by atoms with van der Waals surface area (Å²) in [6.07, 6.45) is 1.48. The Bertz CT molecular complexity index is 721. The average Bonchev–Trinajstić information content (AvgIpc) is 2.71. The summed E-state index contributed by atoms with van der Waals surface area (Å²) in [6, 6.07) is 1.26. The second kappa shape index (κ2) is 4.69. The zero-order valence-corrected chi connectivity index (χ0v) is 11.1. The lowest BCUT2D eigenvalue weighted by Gasteiger charge is -2.10. The fourth-order valence-corrected chi connectivity index (χ4v) is 3.22. The molecule has 7 nitrogen and oxygen atoms in total. The molecule has 9 heteroatoms. The smallest absolute Gasteiger partial charge is 0.246 e. The number of alkyl halides is 1. The van der Waals surface area contributed by atoms with E-state index in [1.807, 2.05) is 0 Å². The average molecular weight is 291 g/mol. The van der Waals surface area contributed by atoms with Gasteiger partial charge in [-0.05, 0) is 13.3 Å². The van der Waals surface area contributed by atoms with Crippen LogP contribution in [0.2, 0.25) is 0 Å². The number of hydrogen-bond acceptors (Lipinski definition) is 5. The molecular formula is C9H11ClN4O3S. The van der Waals surface area contributed by atoms with Crippen LogP contribution in [-0.2, 0) is 9.84 Å². The second-order valence-electron chi connectivity index (χ2n) is 3.82. The van der Waals surface area contributed by atoms with Gasteiger partial charge in [0.25, 0.3) is 0 Å². The summed E-state index contributed by atoms with van der Waals surface area (Å²) in [4.78, 5) is 15.0. The third-order valence-corrected chi connectivity index (χ3v) is 4.94. The monoisotopic (exact) mass is 290 g/mol. The first-order valence-corrected chi connectivity index (χ1v) is 7.27. The molecule has 0 aliphatic carbocycles. The molecule has 2 aromatic heterocycles. The van der Waals surface area contributed by atoms with Gasteiger partial charge >= 0.3 is 5.69 Å². The molecule has 1 unspecified atom stereocenters. The number of hydrogen-bond donors (Lipinski definition) is 1. The molecule has 98 valence electrons. The molecule has 0 saturated carbocycles. The first-order valence-electron chi connectivity index (χ1n) is 5.19. The minimum absolute atomic E-state index is 0.105. The molecule has 18 heavy (non-hydrogen) atoms. The lowest BCUT2D eigenvalue weighted by molar-refractivity contribution is 0.577. The Labute approximate surface area is 108 Å². The van der Waals surface area contributed by atoms with E-state index in [0.717, 1.165) is 10.7 Å². The van der Waals surface area contributed by atoms with E-state index in [-0.39, 0.29) is 16.6 Å². The maximum absolute atomic E-state index is 12.1. The highest BCUT2D eigenvalue weighted by molar-refractivity contribution is 7.92. The molecule has 1 N–H and O–H groups in total. The van der Waals surface area contributed by atoms with Crippen molar-refractivity contribution in [2.24, 2.45) is 0 Å². The van der Waals surface area contributed by atoms with Crippen LogP contribution < -0.4 is 5.69 Å². The van der Waals surface area contributed by atoms with Crippen molar-refractivity contribution in [2.75, 3.05) is 5.88 Å². The standard InChI is InChI=1S/C9H11ClN4O3S/c1-6(2-3-10)18(16,17)8-4-7-12-13-9(15)14(7)5-11-8/h4-6H,2-3H2,1H3,(H,13,15). The zero-order valence-electron chi connectivity index (χ0n) is 9.50. The van der Waals surface area contributed by atoms with Crippen molar-refractivity contribution in [1.82, 2.24) is 19.6 Å². The minimum atomic E-state index is -3.55. The van der Waals surface area contributed by atoms with Gasteiger partial charge in [-0.15, -0.1) is 11.6 Å². The molecule has 2 aromatic rings. The zero-order chi connectivity index (χ0) is 13.3.